The molecule has 1 aromatic carbocycles. The highest BCUT2D eigenvalue weighted by Crippen LogP contribution is 2.22. The molecule has 29 heavy (non-hydrogen) atoms. The van der Waals surface area contributed by atoms with Crippen LogP contribution in [0.2, 0.25) is 10.0 Å². The monoisotopic (exact) mass is 555 g/mol. The van der Waals surface area contributed by atoms with E-state index in [4.69, 9.17) is 28.2 Å². The summed E-state index contributed by atoms with van der Waals surface area (Å²) in [4.78, 5) is 18.4. The first-order valence-corrected chi connectivity index (χ1v) is 10.7. The molecule has 0 aliphatic carbocycles. The van der Waals surface area contributed by atoms with Gasteiger partial charge >= 0.3 is 0 Å². The summed E-state index contributed by atoms with van der Waals surface area (Å²) in [6, 6.07) is 6.01. The first-order chi connectivity index (χ1) is 13.5. The van der Waals surface area contributed by atoms with Crippen molar-refractivity contribution >= 4 is 59.0 Å². The van der Waals surface area contributed by atoms with E-state index < -0.39 is 0 Å². The number of nitrogens with one attached hydrogen (secondary N) is 3. The number of halogens is 3. The van der Waals surface area contributed by atoms with E-state index in [-0.39, 0.29) is 29.9 Å². The van der Waals surface area contributed by atoms with Gasteiger partial charge in [-0.15, -0.1) is 24.0 Å². The van der Waals surface area contributed by atoms with Gasteiger partial charge in [-0.3, -0.25) is 14.7 Å². The van der Waals surface area contributed by atoms with Crippen LogP contribution in [0.3, 0.4) is 0 Å². The molecule has 1 aliphatic rings. The smallest absolute Gasteiger partial charge is 0.233 e. The molecule has 1 aliphatic heterocycles. The molecule has 1 fully saturated rings. The molecule has 0 bridgehead atoms. The molecule has 0 aromatic heterocycles. The summed E-state index contributed by atoms with van der Waals surface area (Å²) in [6.07, 6.45) is 3.79. The highest BCUT2D eigenvalue weighted by Gasteiger charge is 2.21. The number of hydrogen-bond donors (Lipinski definition) is 3. The summed E-state index contributed by atoms with van der Waals surface area (Å²) in [5.74, 6) is 0.927. The first-order valence-electron chi connectivity index (χ1n) is 9.93. The number of piperidine rings is 1. The molecule has 1 saturated heterocycles. The van der Waals surface area contributed by atoms with Crippen molar-refractivity contribution in [1.29, 1.82) is 0 Å². The predicted octanol–water partition coefficient (Wildman–Crippen LogP) is 3.31. The lowest BCUT2D eigenvalue weighted by molar-refractivity contribution is -0.122. The minimum atomic E-state index is 0. The number of rotatable bonds is 8. The highest BCUT2D eigenvalue weighted by atomic mass is 127. The summed E-state index contributed by atoms with van der Waals surface area (Å²) in [7, 11) is 1.68. The van der Waals surface area contributed by atoms with E-state index in [9.17, 15) is 4.79 Å². The zero-order chi connectivity index (χ0) is 20.4. The maximum atomic E-state index is 11.5. The molecule has 164 valence electrons. The number of likely N-dealkylation sites (N-methyl/N-ethyl adjacent to an activating group) is 1. The number of hydrogen-bond acceptors (Lipinski definition) is 3. The number of carbonyl (C=O) groups is 1. The summed E-state index contributed by atoms with van der Waals surface area (Å²) < 4.78 is 0. The lowest BCUT2D eigenvalue weighted by Gasteiger charge is -2.32. The molecular weight excluding hydrogens is 524 g/mol. The predicted molar refractivity (Wildman–Crippen MR) is 133 cm³/mol. The van der Waals surface area contributed by atoms with Crippen LogP contribution in [0.1, 0.15) is 31.7 Å². The normalized spacial score (nSPS) is 15.5. The molecule has 2 rings (SSSR count). The molecular formula is C20H32Cl2IN5O. The molecule has 1 heterocycles. The summed E-state index contributed by atoms with van der Waals surface area (Å²) in [5.41, 5.74) is 1.10. The van der Waals surface area contributed by atoms with Gasteiger partial charge in [0.2, 0.25) is 5.91 Å². The summed E-state index contributed by atoms with van der Waals surface area (Å²) >= 11 is 12.2. The van der Waals surface area contributed by atoms with E-state index in [2.05, 4.69) is 27.8 Å². The first kappa shape index (κ1) is 26.3. The fourth-order valence-electron chi connectivity index (χ4n) is 3.22. The Bertz CT molecular complexity index is 666. The Kier molecular flexibility index (Phi) is 12.9. The fraction of sp³-hybridized carbons (Fsp3) is 0.600. The van der Waals surface area contributed by atoms with Gasteiger partial charge in [0.1, 0.15) is 0 Å². The third-order valence-electron chi connectivity index (χ3n) is 4.81. The van der Waals surface area contributed by atoms with Gasteiger partial charge in [0.15, 0.2) is 5.96 Å². The molecule has 1 amide bonds. The van der Waals surface area contributed by atoms with Crippen LogP contribution >= 0.6 is 47.2 Å². The van der Waals surface area contributed by atoms with Crippen molar-refractivity contribution < 1.29 is 4.79 Å². The quantitative estimate of drug-likeness (QED) is 0.199. The lowest BCUT2D eigenvalue weighted by Crippen LogP contribution is -2.50. The van der Waals surface area contributed by atoms with Gasteiger partial charge in [-0.2, -0.15) is 0 Å². The number of nitrogens with zero attached hydrogens (tertiary/aromatic N) is 2. The van der Waals surface area contributed by atoms with Crippen LogP contribution in [0.4, 0.5) is 0 Å². The van der Waals surface area contributed by atoms with Gasteiger partial charge in [0, 0.05) is 49.3 Å². The topological polar surface area (TPSA) is 68.8 Å². The van der Waals surface area contributed by atoms with Crippen molar-refractivity contribution in [2.75, 3.05) is 39.8 Å². The van der Waals surface area contributed by atoms with E-state index in [0.29, 0.717) is 22.6 Å². The van der Waals surface area contributed by atoms with Crippen LogP contribution in [0.5, 0.6) is 0 Å². The third kappa shape index (κ3) is 9.72. The second-order valence-corrected chi connectivity index (χ2v) is 7.81. The maximum absolute atomic E-state index is 11.5. The van der Waals surface area contributed by atoms with Crippen LogP contribution in [0.25, 0.3) is 0 Å². The highest BCUT2D eigenvalue weighted by molar-refractivity contribution is 14.0. The molecule has 9 heteroatoms. The minimum Gasteiger partial charge on any atom is -0.358 e. The van der Waals surface area contributed by atoms with E-state index >= 15 is 0 Å². The lowest BCUT2D eigenvalue weighted by atomic mass is 10.1. The van der Waals surface area contributed by atoms with Crippen molar-refractivity contribution in [1.82, 2.24) is 20.9 Å². The molecule has 0 saturated carbocycles. The largest absolute Gasteiger partial charge is 0.358 e. The average Bonchev–Trinajstić information content (AvgIpc) is 2.68. The van der Waals surface area contributed by atoms with E-state index in [1.165, 1.54) is 0 Å². The number of likely N-dealkylation sites (tertiary alicyclic amines) is 1. The number of guanidine groups is 1. The molecule has 0 radical (unpaired) electrons. The van der Waals surface area contributed by atoms with Gasteiger partial charge in [0.05, 0.1) is 6.54 Å². The molecule has 0 unspecified atom stereocenters. The Morgan fingerprint density at radius 2 is 2.00 bits per heavy atom. The van der Waals surface area contributed by atoms with Crippen molar-refractivity contribution in [3.05, 3.63) is 33.8 Å². The van der Waals surface area contributed by atoms with Crippen LogP contribution in [-0.4, -0.2) is 62.6 Å². The second-order valence-electron chi connectivity index (χ2n) is 6.97. The molecule has 1 aromatic rings. The average molecular weight is 556 g/mol. The molecule has 0 spiro atoms. The summed E-state index contributed by atoms with van der Waals surface area (Å²) in [5, 5.41) is 10.9. The SMILES string of the molecule is CCNC(=NCCCc1ccc(Cl)cc1Cl)NC1CCN(CC(=O)NC)CC1.I. The maximum Gasteiger partial charge on any atom is 0.233 e. The number of carbonyl (C=O) groups excluding carboxylic acids is 1. The van der Waals surface area contributed by atoms with Crippen molar-refractivity contribution in [3.63, 3.8) is 0 Å². The minimum absolute atomic E-state index is 0. The number of aryl methyl sites for hydroxylation is 1. The molecule has 6 nitrogen and oxygen atoms in total. The van der Waals surface area contributed by atoms with Crippen LogP contribution < -0.4 is 16.0 Å². The number of aliphatic imine (C=N–C) groups is 1. The van der Waals surface area contributed by atoms with Crippen molar-refractivity contribution in [2.24, 2.45) is 4.99 Å². The number of benzene rings is 1. The Balaban J connectivity index is 0.00000420. The zero-order valence-electron chi connectivity index (χ0n) is 17.1. The standard InChI is InChI=1S/C20H31Cl2N5O.HI/c1-3-24-20(25-10-4-5-15-6-7-16(21)13-18(15)22)26-17-8-11-27(12-9-17)14-19(28)23-2;/h6-7,13,17H,3-5,8-12,14H2,1-2H3,(H,23,28)(H2,24,25,26);1H. The van der Waals surface area contributed by atoms with Crippen LogP contribution in [0, 0.1) is 0 Å². The van der Waals surface area contributed by atoms with E-state index in [0.717, 1.165) is 63.4 Å². The van der Waals surface area contributed by atoms with Crippen LogP contribution in [0.15, 0.2) is 23.2 Å². The van der Waals surface area contributed by atoms with Gasteiger partial charge in [-0.05, 0) is 50.3 Å². The molecule has 3 N–H and O–H groups in total. The zero-order valence-corrected chi connectivity index (χ0v) is 21.0. The number of amides is 1. The Hall–Kier alpha value is -0.770. The second kappa shape index (κ2) is 14.3. The Morgan fingerprint density at radius 3 is 2.62 bits per heavy atom. The van der Waals surface area contributed by atoms with Gasteiger partial charge < -0.3 is 16.0 Å². The summed E-state index contributed by atoms with van der Waals surface area (Å²) in [6.45, 7) is 5.93. The van der Waals surface area contributed by atoms with Crippen molar-refractivity contribution in [3.8, 4) is 0 Å². The van der Waals surface area contributed by atoms with Crippen molar-refractivity contribution in [2.45, 2.75) is 38.6 Å². The Morgan fingerprint density at radius 1 is 1.28 bits per heavy atom. The molecule has 0 atom stereocenters. The Labute approximate surface area is 201 Å². The van der Waals surface area contributed by atoms with E-state index in [1.54, 1.807) is 13.1 Å². The van der Waals surface area contributed by atoms with Crippen LogP contribution in [-0.2, 0) is 11.2 Å². The van der Waals surface area contributed by atoms with Gasteiger partial charge in [-0.25, -0.2) is 0 Å². The van der Waals surface area contributed by atoms with Gasteiger partial charge in [0.25, 0.3) is 0 Å². The van der Waals surface area contributed by atoms with E-state index in [1.807, 2.05) is 12.1 Å². The third-order valence-corrected chi connectivity index (χ3v) is 5.39. The fourth-order valence-corrected chi connectivity index (χ4v) is 3.72. The van der Waals surface area contributed by atoms with Gasteiger partial charge in [-0.1, -0.05) is 29.3 Å².